The SMILES string of the molecule is CN(CC(=O)NCc1cccc(NC(=O)C2CC2)c1)C1CCCCC1. The van der Waals surface area contributed by atoms with Gasteiger partial charge in [-0.15, -0.1) is 0 Å². The molecular weight excluding hydrogens is 314 g/mol. The standard InChI is InChI=1S/C20H29N3O2/c1-23(18-8-3-2-4-9-18)14-19(24)21-13-15-6-5-7-17(12-15)22-20(25)16-10-11-16/h5-7,12,16,18H,2-4,8-11,13-14H2,1H3,(H,21,24)(H,22,25). The minimum atomic E-state index is 0.0560. The number of likely N-dealkylation sites (N-methyl/N-ethyl adjacent to an activating group) is 1. The van der Waals surface area contributed by atoms with E-state index in [0.29, 0.717) is 19.1 Å². The summed E-state index contributed by atoms with van der Waals surface area (Å²) in [5.41, 5.74) is 1.81. The summed E-state index contributed by atoms with van der Waals surface area (Å²) in [5.74, 6) is 0.356. The molecule has 2 N–H and O–H groups in total. The van der Waals surface area contributed by atoms with Gasteiger partial charge < -0.3 is 10.6 Å². The van der Waals surface area contributed by atoms with Gasteiger partial charge in [0, 0.05) is 24.2 Å². The Kier molecular flexibility index (Phi) is 6.08. The molecule has 0 atom stereocenters. The van der Waals surface area contributed by atoms with E-state index in [1.807, 2.05) is 31.3 Å². The van der Waals surface area contributed by atoms with Crippen molar-refractivity contribution < 1.29 is 9.59 Å². The second-order valence-corrected chi connectivity index (χ2v) is 7.45. The van der Waals surface area contributed by atoms with Gasteiger partial charge in [-0.3, -0.25) is 14.5 Å². The normalized spacial score (nSPS) is 18.2. The highest BCUT2D eigenvalue weighted by Gasteiger charge is 2.29. The van der Waals surface area contributed by atoms with Gasteiger partial charge in [-0.25, -0.2) is 0 Å². The van der Waals surface area contributed by atoms with Crippen LogP contribution in [0.25, 0.3) is 0 Å². The van der Waals surface area contributed by atoms with E-state index < -0.39 is 0 Å². The summed E-state index contributed by atoms with van der Waals surface area (Å²) < 4.78 is 0. The Hall–Kier alpha value is -1.88. The minimum absolute atomic E-state index is 0.0560. The largest absolute Gasteiger partial charge is 0.351 e. The third-order valence-electron chi connectivity index (χ3n) is 5.22. The van der Waals surface area contributed by atoms with E-state index >= 15 is 0 Å². The molecule has 1 aromatic carbocycles. The van der Waals surface area contributed by atoms with Crippen LogP contribution >= 0.6 is 0 Å². The zero-order valence-electron chi connectivity index (χ0n) is 15.1. The summed E-state index contributed by atoms with van der Waals surface area (Å²) in [7, 11) is 2.05. The molecule has 2 aliphatic rings. The lowest BCUT2D eigenvalue weighted by molar-refractivity contribution is -0.122. The predicted molar refractivity (Wildman–Crippen MR) is 99.1 cm³/mol. The smallest absolute Gasteiger partial charge is 0.234 e. The van der Waals surface area contributed by atoms with Crippen LogP contribution in [-0.2, 0) is 16.1 Å². The molecule has 3 rings (SSSR count). The van der Waals surface area contributed by atoms with Gasteiger partial charge in [-0.1, -0.05) is 31.4 Å². The van der Waals surface area contributed by atoms with Crippen molar-refractivity contribution >= 4 is 17.5 Å². The molecule has 25 heavy (non-hydrogen) atoms. The minimum Gasteiger partial charge on any atom is -0.351 e. The molecule has 2 fully saturated rings. The van der Waals surface area contributed by atoms with E-state index in [0.717, 1.165) is 24.1 Å². The summed E-state index contributed by atoms with van der Waals surface area (Å²) in [6.07, 6.45) is 8.27. The topological polar surface area (TPSA) is 61.4 Å². The van der Waals surface area contributed by atoms with Crippen molar-refractivity contribution in [3.63, 3.8) is 0 Å². The van der Waals surface area contributed by atoms with Gasteiger partial charge in [0.05, 0.1) is 6.54 Å². The fourth-order valence-electron chi connectivity index (χ4n) is 3.48. The Bertz CT molecular complexity index is 607. The molecule has 136 valence electrons. The Balaban J connectivity index is 1.44. The van der Waals surface area contributed by atoms with Crippen LogP contribution < -0.4 is 10.6 Å². The van der Waals surface area contributed by atoms with Crippen molar-refractivity contribution in [3.05, 3.63) is 29.8 Å². The lowest BCUT2D eigenvalue weighted by Crippen LogP contribution is -2.41. The first-order valence-corrected chi connectivity index (χ1v) is 9.48. The van der Waals surface area contributed by atoms with Crippen molar-refractivity contribution in [2.75, 3.05) is 18.9 Å². The quantitative estimate of drug-likeness (QED) is 0.800. The maximum absolute atomic E-state index is 12.2. The van der Waals surface area contributed by atoms with Crippen molar-refractivity contribution in [2.24, 2.45) is 5.92 Å². The van der Waals surface area contributed by atoms with E-state index in [1.54, 1.807) is 0 Å². The molecule has 0 aliphatic heterocycles. The summed E-state index contributed by atoms with van der Waals surface area (Å²) in [4.78, 5) is 26.2. The first-order chi connectivity index (χ1) is 12.1. The van der Waals surface area contributed by atoms with E-state index in [2.05, 4.69) is 15.5 Å². The summed E-state index contributed by atoms with van der Waals surface area (Å²) in [6.45, 7) is 0.938. The Morgan fingerprint density at radius 1 is 1.12 bits per heavy atom. The summed E-state index contributed by atoms with van der Waals surface area (Å²) >= 11 is 0. The van der Waals surface area contributed by atoms with Gasteiger partial charge in [0.15, 0.2) is 0 Å². The second-order valence-electron chi connectivity index (χ2n) is 7.45. The van der Waals surface area contributed by atoms with Gasteiger partial charge in [-0.05, 0) is 50.4 Å². The Morgan fingerprint density at radius 3 is 2.60 bits per heavy atom. The Morgan fingerprint density at radius 2 is 1.88 bits per heavy atom. The molecule has 2 aliphatic carbocycles. The molecule has 2 amide bonds. The first-order valence-electron chi connectivity index (χ1n) is 9.48. The number of benzene rings is 1. The second kappa shape index (κ2) is 8.48. The molecule has 0 unspecified atom stereocenters. The fourth-order valence-corrected chi connectivity index (χ4v) is 3.48. The van der Waals surface area contributed by atoms with Crippen molar-refractivity contribution in [2.45, 2.75) is 57.5 Å². The maximum Gasteiger partial charge on any atom is 0.234 e. The van der Waals surface area contributed by atoms with Gasteiger partial charge in [0.25, 0.3) is 0 Å². The van der Waals surface area contributed by atoms with E-state index in [9.17, 15) is 9.59 Å². The average Bonchev–Trinajstić information content (AvgIpc) is 3.46. The van der Waals surface area contributed by atoms with Crippen LogP contribution in [0.2, 0.25) is 0 Å². The van der Waals surface area contributed by atoms with E-state index in [1.165, 1.54) is 32.1 Å². The number of carbonyl (C=O) groups excluding carboxylic acids is 2. The van der Waals surface area contributed by atoms with Crippen LogP contribution in [0.4, 0.5) is 5.69 Å². The van der Waals surface area contributed by atoms with Crippen LogP contribution in [0.1, 0.15) is 50.5 Å². The first kappa shape index (κ1) is 17.9. The molecule has 0 radical (unpaired) electrons. The molecule has 5 nitrogen and oxygen atoms in total. The van der Waals surface area contributed by atoms with Crippen LogP contribution in [0.15, 0.2) is 24.3 Å². The lowest BCUT2D eigenvalue weighted by atomic mass is 9.94. The molecule has 0 spiro atoms. The lowest BCUT2D eigenvalue weighted by Gasteiger charge is -2.30. The summed E-state index contributed by atoms with van der Waals surface area (Å²) in [6, 6.07) is 8.25. The van der Waals surface area contributed by atoms with Gasteiger partial charge in [-0.2, -0.15) is 0 Å². The van der Waals surface area contributed by atoms with Crippen molar-refractivity contribution in [3.8, 4) is 0 Å². The van der Waals surface area contributed by atoms with Crippen LogP contribution in [0.3, 0.4) is 0 Å². The number of rotatable bonds is 7. The predicted octanol–water partition coefficient (Wildman–Crippen LogP) is 2.92. The molecule has 0 bridgehead atoms. The van der Waals surface area contributed by atoms with Gasteiger partial charge in [0.2, 0.25) is 11.8 Å². The number of nitrogens with one attached hydrogen (secondary N) is 2. The number of hydrogen-bond acceptors (Lipinski definition) is 3. The molecular formula is C20H29N3O2. The average molecular weight is 343 g/mol. The zero-order valence-corrected chi connectivity index (χ0v) is 15.1. The van der Waals surface area contributed by atoms with Gasteiger partial charge >= 0.3 is 0 Å². The van der Waals surface area contributed by atoms with E-state index in [-0.39, 0.29) is 17.7 Å². The molecule has 1 aromatic rings. The summed E-state index contributed by atoms with van der Waals surface area (Å²) in [5, 5.41) is 5.94. The van der Waals surface area contributed by atoms with E-state index in [4.69, 9.17) is 0 Å². The molecule has 5 heteroatoms. The maximum atomic E-state index is 12.2. The molecule has 2 saturated carbocycles. The van der Waals surface area contributed by atoms with Crippen LogP contribution in [0.5, 0.6) is 0 Å². The van der Waals surface area contributed by atoms with Crippen molar-refractivity contribution in [1.29, 1.82) is 0 Å². The highest BCUT2D eigenvalue weighted by atomic mass is 16.2. The molecule has 0 saturated heterocycles. The fraction of sp³-hybridized carbons (Fsp3) is 0.600. The number of anilines is 1. The third-order valence-corrected chi connectivity index (χ3v) is 5.22. The number of nitrogens with zero attached hydrogens (tertiary/aromatic N) is 1. The highest BCUT2D eigenvalue weighted by molar-refractivity contribution is 5.94. The van der Waals surface area contributed by atoms with Crippen LogP contribution in [0, 0.1) is 5.92 Å². The highest BCUT2D eigenvalue weighted by Crippen LogP contribution is 2.30. The van der Waals surface area contributed by atoms with Crippen molar-refractivity contribution in [1.82, 2.24) is 10.2 Å². The Labute approximate surface area is 150 Å². The number of hydrogen-bond donors (Lipinski definition) is 2. The van der Waals surface area contributed by atoms with Crippen LogP contribution in [-0.4, -0.2) is 36.3 Å². The molecule has 0 heterocycles. The zero-order chi connectivity index (χ0) is 17.6. The van der Waals surface area contributed by atoms with Gasteiger partial charge in [0.1, 0.15) is 0 Å². The number of amides is 2. The number of carbonyl (C=O) groups is 2. The monoisotopic (exact) mass is 343 g/mol. The molecule has 0 aromatic heterocycles. The third kappa shape index (κ3) is 5.56.